The minimum absolute atomic E-state index is 0.0438. The molecule has 0 radical (unpaired) electrons. The highest BCUT2D eigenvalue weighted by molar-refractivity contribution is 5.94. The van der Waals surface area contributed by atoms with Crippen molar-refractivity contribution in [2.75, 3.05) is 13.7 Å². The minimum Gasteiger partial charge on any atom is -0.496 e. The molecule has 0 spiro atoms. The molecule has 92 valence electrons. The van der Waals surface area contributed by atoms with Crippen molar-refractivity contribution in [1.29, 1.82) is 0 Å². The fourth-order valence-corrected chi connectivity index (χ4v) is 1.44. The fraction of sp³-hybridized carbons (Fsp3) is 0.357. The number of ether oxygens (including phenoxy) is 2. The van der Waals surface area contributed by atoms with Crippen LogP contribution in [0.2, 0.25) is 0 Å². The summed E-state index contributed by atoms with van der Waals surface area (Å²) < 4.78 is 10.7. The summed E-state index contributed by atoms with van der Waals surface area (Å²) in [6, 6.07) is 5.37. The van der Waals surface area contributed by atoms with Gasteiger partial charge in [-0.05, 0) is 32.0 Å². The van der Waals surface area contributed by atoms with E-state index in [1.165, 1.54) is 0 Å². The lowest BCUT2D eigenvalue weighted by Gasteiger charge is -2.09. The summed E-state index contributed by atoms with van der Waals surface area (Å²) in [5, 5.41) is 0. The van der Waals surface area contributed by atoms with Gasteiger partial charge in [0.25, 0.3) is 0 Å². The molecule has 0 unspecified atom stereocenters. The second-order valence-electron chi connectivity index (χ2n) is 3.67. The summed E-state index contributed by atoms with van der Waals surface area (Å²) in [6.07, 6.45) is 3.87. The molecule has 0 aliphatic rings. The molecule has 0 amide bonds. The molecule has 1 aromatic rings. The van der Waals surface area contributed by atoms with E-state index in [-0.39, 0.29) is 5.78 Å². The third kappa shape index (κ3) is 4.04. The van der Waals surface area contributed by atoms with E-state index in [1.807, 2.05) is 25.1 Å². The predicted molar refractivity (Wildman–Crippen MR) is 67.5 cm³/mol. The maximum Gasteiger partial charge on any atom is 0.159 e. The third-order valence-corrected chi connectivity index (χ3v) is 2.39. The third-order valence-electron chi connectivity index (χ3n) is 2.39. The first-order valence-electron chi connectivity index (χ1n) is 5.55. The van der Waals surface area contributed by atoms with Crippen LogP contribution in [0.4, 0.5) is 0 Å². The van der Waals surface area contributed by atoms with Crippen LogP contribution in [0, 0.1) is 0 Å². The molecule has 0 fully saturated rings. The molecular formula is C14H18O3. The van der Waals surface area contributed by atoms with Crippen LogP contribution >= 0.6 is 0 Å². The van der Waals surface area contributed by atoms with Gasteiger partial charge in [-0.1, -0.05) is 12.2 Å². The molecule has 17 heavy (non-hydrogen) atoms. The Morgan fingerprint density at radius 2 is 2.18 bits per heavy atom. The van der Waals surface area contributed by atoms with E-state index in [0.29, 0.717) is 18.8 Å². The maximum atomic E-state index is 11.3. The van der Waals surface area contributed by atoms with Crippen molar-refractivity contribution >= 4 is 5.78 Å². The highest BCUT2D eigenvalue weighted by Gasteiger charge is 2.06. The van der Waals surface area contributed by atoms with Crippen molar-refractivity contribution in [3.05, 3.63) is 41.5 Å². The second kappa shape index (κ2) is 6.86. The zero-order valence-electron chi connectivity index (χ0n) is 10.5. The number of rotatable bonds is 6. The highest BCUT2D eigenvalue weighted by Crippen LogP contribution is 2.21. The van der Waals surface area contributed by atoms with Crippen molar-refractivity contribution < 1.29 is 14.3 Å². The Labute approximate surface area is 102 Å². The second-order valence-corrected chi connectivity index (χ2v) is 3.67. The smallest absolute Gasteiger partial charge is 0.159 e. The predicted octanol–water partition coefficient (Wildman–Crippen LogP) is 2.99. The Morgan fingerprint density at radius 3 is 2.76 bits per heavy atom. The van der Waals surface area contributed by atoms with E-state index in [0.717, 1.165) is 11.3 Å². The standard InChI is InChI=1S/C14H18O3/c1-4-5-8-17-10-13-9-12(11(2)15)6-7-14(13)16-3/h4-7,9H,8,10H2,1-3H3. The first kappa shape index (κ1) is 13.5. The van der Waals surface area contributed by atoms with E-state index in [2.05, 4.69) is 0 Å². The number of Topliss-reactive ketones (excluding diaryl/α,β-unsaturated/α-hetero) is 1. The summed E-state index contributed by atoms with van der Waals surface area (Å²) in [7, 11) is 1.61. The van der Waals surface area contributed by atoms with Gasteiger partial charge in [-0.3, -0.25) is 4.79 Å². The van der Waals surface area contributed by atoms with Crippen molar-refractivity contribution in [2.24, 2.45) is 0 Å². The van der Waals surface area contributed by atoms with Gasteiger partial charge in [-0.25, -0.2) is 0 Å². The summed E-state index contributed by atoms with van der Waals surface area (Å²) in [5.74, 6) is 0.790. The van der Waals surface area contributed by atoms with Gasteiger partial charge in [0.1, 0.15) is 5.75 Å². The van der Waals surface area contributed by atoms with Gasteiger partial charge in [0.2, 0.25) is 0 Å². The first-order valence-corrected chi connectivity index (χ1v) is 5.55. The lowest BCUT2D eigenvalue weighted by molar-refractivity contribution is 0.101. The Bertz CT molecular complexity index is 408. The fourth-order valence-electron chi connectivity index (χ4n) is 1.44. The highest BCUT2D eigenvalue weighted by atomic mass is 16.5. The van der Waals surface area contributed by atoms with Crippen LogP contribution in [0.15, 0.2) is 30.4 Å². The normalized spacial score (nSPS) is 10.8. The number of carbonyl (C=O) groups is 1. The molecule has 3 heteroatoms. The molecule has 1 aromatic carbocycles. The number of benzene rings is 1. The van der Waals surface area contributed by atoms with Crippen molar-refractivity contribution in [2.45, 2.75) is 20.5 Å². The van der Waals surface area contributed by atoms with Crippen LogP contribution in [-0.2, 0) is 11.3 Å². The molecule has 0 N–H and O–H groups in total. The molecule has 0 saturated carbocycles. The summed E-state index contributed by atoms with van der Waals surface area (Å²) in [5.41, 5.74) is 1.57. The summed E-state index contributed by atoms with van der Waals surface area (Å²) >= 11 is 0. The number of allylic oxidation sites excluding steroid dienone is 1. The van der Waals surface area contributed by atoms with E-state index >= 15 is 0 Å². The van der Waals surface area contributed by atoms with Gasteiger partial charge in [0.05, 0.1) is 20.3 Å². The molecular weight excluding hydrogens is 216 g/mol. The Balaban J connectivity index is 2.79. The van der Waals surface area contributed by atoms with Crippen molar-refractivity contribution in [3.63, 3.8) is 0 Å². The number of hydrogen-bond donors (Lipinski definition) is 0. The molecule has 0 aromatic heterocycles. The topological polar surface area (TPSA) is 35.5 Å². The van der Waals surface area contributed by atoms with Crippen LogP contribution in [0.25, 0.3) is 0 Å². The average molecular weight is 234 g/mol. The Hall–Kier alpha value is -1.61. The minimum atomic E-state index is 0.0438. The molecule has 0 aliphatic heterocycles. The zero-order chi connectivity index (χ0) is 12.7. The quantitative estimate of drug-likeness (QED) is 0.431. The van der Waals surface area contributed by atoms with Crippen molar-refractivity contribution in [1.82, 2.24) is 0 Å². The monoisotopic (exact) mass is 234 g/mol. The van der Waals surface area contributed by atoms with E-state index in [1.54, 1.807) is 26.2 Å². The molecule has 0 aliphatic carbocycles. The van der Waals surface area contributed by atoms with Crippen LogP contribution in [0.3, 0.4) is 0 Å². The molecule has 0 bridgehead atoms. The lowest BCUT2D eigenvalue weighted by Crippen LogP contribution is -2.00. The van der Waals surface area contributed by atoms with Crippen LogP contribution in [-0.4, -0.2) is 19.5 Å². The summed E-state index contributed by atoms with van der Waals surface area (Å²) in [4.78, 5) is 11.3. The van der Waals surface area contributed by atoms with Gasteiger partial charge in [0.15, 0.2) is 5.78 Å². The van der Waals surface area contributed by atoms with Gasteiger partial charge in [-0.2, -0.15) is 0 Å². The van der Waals surface area contributed by atoms with Gasteiger partial charge in [-0.15, -0.1) is 0 Å². The number of hydrogen-bond acceptors (Lipinski definition) is 3. The van der Waals surface area contributed by atoms with E-state index in [9.17, 15) is 4.79 Å². The SMILES string of the molecule is CC=CCOCc1cc(C(C)=O)ccc1OC. The number of methoxy groups -OCH3 is 1. The molecule has 1 rings (SSSR count). The molecule has 3 nitrogen and oxygen atoms in total. The van der Waals surface area contributed by atoms with Crippen molar-refractivity contribution in [3.8, 4) is 5.75 Å². The number of carbonyl (C=O) groups excluding carboxylic acids is 1. The van der Waals surface area contributed by atoms with E-state index < -0.39 is 0 Å². The Morgan fingerprint density at radius 1 is 1.41 bits per heavy atom. The first-order chi connectivity index (χ1) is 8.19. The van der Waals surface area contributed by atoms with Crippen LogP contribution < -0.4 is 4.74 Å². The Kier molecular flexibility index (Phi) is 5.43. The van der Waals surface area contributed by atoms with Crippen LogP contribution in [0.1, 0.15) is 29.8 Å². The largest absolute Gasteiger partial charge is 0.496 e. The summed E-state index contributed by atoms with van der Waals surface area (Å²) in [6.45, 7) is 4.49. The van der Waals surface area contributed by atoms with E-state index in [4.69, 9.17) is 9.47 Å². The molecule has 0 saturated heterocycles. The lowest BCUT2D eigenvalue weighted by atomic mass is 10.1. The van der Waals surface area contributed by atoms with Gasteiger partial charge >= 0.3 is 0 Å². The van der Waals surface area contributed by atoms with Gasteiger partial charge in [0, 0.05) is 11.1 Å². The maximum absolute atomic E-state index is 11.3. The average Bonchev–Trinajstić information content (AvgIpc) is 2.34. The van der Waals surface area contributed by atoms with Crippen LogP contribution in [0.5, 0.6) is 5.75 Å². The molecule has 0 atom stereocenters. The molecule has 0 heterocycles. The zero-order valence-corrected chi connectivity index (χ0v) is 10.5. The van der Waals surface area contributed by atoms with Gasteiger partial charge < -0.3 is 9.47 Å². The number of ketones is 1.